The van der Waals surface area contributed by atoms with Crippen molar-refractivity contribution in [3.63, 3.8) is 0 Å². The Labute approximate surface area is 90.1 Å². The van der Waals surface area contributed by atoms with E-state index in [1.54, 1.807) is 13.0 Å². The van der Waals surface area contributed by atoms with Crippen molar-refractivity contribution in [2.24, 2.45) is 0 Å². The molecule has 0 heterocycles. The molecule has 0 fully saturated rings. The normalized spacial score (nSPS) is 9.50. The zero-order chi connectivity index (χ0) is 10.7. The minimum Gasteiger partial charge on any atom is -0.478 e. The molecule has 0 aliphatic heterocycles. The molecular formula is C10H8BrNO2. The van der Waals surface area contributed by atoms with Gasteiger partial charge in [0.25, 0.3) is 0 Å². The van der Waals surface area contributed by atoms with Crippen LogP contribution >= 0.6 is 15.9 Å². The minimum absolute atomic E-state index is 0.249. The first kappa shape index (κ1) is 10.7. The van der Waals surface area contributed by atoms with E-state index in [-0.39, 0.29) is 5.56 Å². The second-order valence-corrected chi connectivity index (χ2v) is 3.44. The van der Waals surface area contributed by atoms with Crippen LogP contribution in [0.25, 0.3) is 0 Å². The van der Waals surface area contributed by atoms with Gasteiger partial charge in [-0.05, 0) is 30.2 Å². The number of carboxylic acid groups (broad SMARTS) is 1. The average molecular weight is 254 g/mol. The van der Waals surface area contributed by atoms with Crippen molar-refractivity contribution in [2.75, 3.05) is 0 Å². The van der Waals surface area contributed by atoms with Crippen LogP contribution < -0.4 is 0 Å². The van der Waals surface area contributed by atoms with Crippen molar-refractivity contribution in [3.05, 3.63) is 34.4 Å². The molecule has 0 radical (unpaired) electrons. The second kappa shape index (κ2) is 4.25. The molecule has 1 N–H and O–H groups in total. The van der Waals surface area contributed by atoms with Crippen molar-refractivity contribution in [1.82, 2.24) is 0 Å². The van der Waals surface area contributed by atoms with Crippen LogP contribution in [0.1, 0.15) is 27.0 Å². The van der Waals surface area contributed by atoms with Gasteiger partial charge in [0.1, 0.15) is 0 Å². The quantitative estimate of drug-likeness (QED) is 0.824. The Hall–Kier alpha value is -1.34. The number of benzene rings is 1. The van der Waals surface area contributed by atoms with Crippen LogP contribution in [-0.2, 0) is 5.33 Å². The van der Waals surface area contributed by atoms with Crippen LogP contribution in [0.3, 0.4) is 0 Å². The highest BCUT2D eigenvalue weighted by Gasteiger charge is 2.11. The first-order valence-electron chi connectivity index (χ1n) is 3.93. The van der Waals surface area contributed by atoms with Gasteiger partial charge in [-0.25, -0.2) is 4.79 Å². The number of carbonyl (C=O) groups is 1. The van der Waals surface area contributed by atoms with E-state index >= 15 is 0 Å². The number of nitrogens with zero attached hydrogens (tertiary/aromatic N) is 1. The topological polar surface area (TPSA) is 61.1 Å². The maximum atomic E-state index is 10.8. The first-order valence-corrected chi connectivity index (χ1v) is 5.05. The summed E-state index contributed by atoms with van der Waals surface area (Å²) in [5, 5.41) is 18.1. The highest BCUT2D eigenvalue weighted by Crippen LogP contribution is 2.18. The van der Waals surface area contributed by atoms with Gasteiger partial charge in [0.15, 0.2) is 0 Å². The van der Waals surface area contributed by atoms with E-state index in [0.717, 1.165) is 0 Å². The van der Waals surface area contributed by atoms with Crippen LogP contribution in [0.4, 0.5) is 0 Å². The van der Waals surface area contributed by atoms with Crippen molar-refractivity contribution in [2.45, 2.75) is 12.3 Å². The van der Waals surface area contributed by atoms with Crippen LogP contribution in [0.2, 0.25) is 0 Å². The fourth-order valence-electron chi connectivity index (χ4n) is 1.20. The Balaban J connectivity index is 3.39. The maximum absolute atomic E-state index is 10.8. The van der Waals surface area contributed by atoms with Gasteiger partial charge >= 0.3 is 5.97 Å². The Morgan fingerprint density at radius 3 is 2.71 bits per heavy atom. The van der Waals surface area contributed by atoms with E-state index in [0.29, 0.717) is 22.0 Å². The zero-order valence-electron chi connectivity index (χ0n) is 7.54. The number of rotatable bonds is 2. The molecule has 0 unspecified atom stereocenters. The zero-order valence-corrected chi connectivity index (χ0v) is 9.13. The molecule has 0 amide bonds. The van der Waals surface area contributed by atoms with Gasteiger partial charge < -0.3 is 5.11 Å². The summed E-state index contributed by atoms with van der Waals surface area (Å²) in [6, 6.07) is 5.16. The van der Waals surface area contributed by atoms with Gasteiger partial charge in [-0.2, -0.15) is 5.26 Å². The van der Waals surface area contributed by atoms with Crippen molar-refractivity contribution in [1.29, 1.82) is 5.26 Å². The van der Waals surface area contributed by atoms with E-state index in [4.69, 9.17) is 10.4 Å². The highest BCUT2D eigenvalue weighted by molar-refractivity contribution is 9.08. The number of nitriles is 1. The van der Waals surface area contributed by atoms with E-state index in [9.17, 15) is 4.79 Å². The standard InChI is InChI=1S/C10H8BrNO2/c1-6-2-8(5-12)7(4-11)3-9(6)10(13)14/h2-3H,4H2,1H3,(H,13,14). The number of hydrogen-bond acceptors (Lipinski definition) is 2. The summed E-state index contributed by atoms with van der Waals surface area (Å²) in [6.45, 7) is 1.68. The van der Waals surface area contributed by atoms with E-state index < -0.39 is 5.97 Å². The molecule has 0 bridgehead atoms. The molecule has 4 heteroatoms. The predicted molar refractivity (Wildman–Crippen MR) is 55.5 cm³/mol. The smallest absolute Gasteiger partial charge is 0.335 e. The Bertz CT molecular complexity index is 421. The summed E-state index contributed by atoms with van der Waals surface area (Å²) in [6.07, 6.45) is 0. The number of aromatic carboxylic acids is 1. The molecule has 1 aromatic carbocycles. The third-order valence-corrected chi connectivity index (χ3v) is 2.55. The van der Waals surface area contributed by atoms with E-state index in [1.165, 1.54) is 6.07 Å². The average Bonchev–Trinajstić information content (AvgIpc) is 2.16. The van der Waals surface area contributed by atoms with Crippen LogP contribution in [0, 0.1) is 18.3 Å². The van der Waals surface area contributed by atoms with E-state index in [1.807, 2.05) is 6.07 Å². The van der Waals surface area contributed by atoms with Crippen molar-refractivity contribution < 1.29 is 9.90 Å². The number of alkyl halides is 1. The predicted octanol–water partition coefficient (Wildman–Crippen LogP) is 2.46. The molecule has 0 aliphatic carbocycles. The molecule has 0 spiro atoms. The summed E-state index contributed by atoms with van der Waals surface area (Å²) in [7, 11) is 0. The van der Waals surface area contributed by atoms with Crippen molar-refractivity contribution >= 4 is 21.9 Å². The lowest BCUT2D eigenvalue weighted by Gasteiger charge is -2.05. The lowest BCUT2D eigenvalue weighted by molar-refractivity contribution is 0.0696. The van der Waals surface area contributed by atoms with Gasteiger partial charge in [-0.15, -0.1) is 0 Å². The summed E-state index contributed by atoms with van der Waals surface area (Å²) in [5.41, 5.74) is 2.08. The number of aryl methyl sites for hydroxylation is 1. The van der Waals surface area contributed by atoms with Crippen LogP contribution in [0.5, 0.6) is 0 Å². The molecule has 3 nitrogen and oxygen atoms in total. The first-order chi connectivity index (χ1) is 6.60. The molecule has 0 saturated carbocycles. The second-order valence-electron chi connectivity index (χ2n) is 2.87. The van der Waals surface area contributed by atoms with Gasteiger partial charge in [0.2, 0.25) is 0 Å². The fraction of sp³-hybridized carbons (Fsp3) is 0.200. The lowest BCUT2D eigenvalue weighted by Crippen LogP contribution is -2.02. The van der Waals surface area contributed by atoms with E-state index in [2.05, 4.69) is 15.9 Å². The third kappa shape index (κ3) is 1.94. The SMILES string of the molecule is Cc1cc(C#N)c(CBr)cc1C(=O)O. The molecule has 0 saturated heterocycles. The van der Waals surface area contributed by atoms with Gasteiger partial charge in [0.05, 0.1) is 17.2 Å². The monoisotopic (exact) mass is 253 g/mol. The van der Waals surface area contributed by atoms with Crippen LogP contribution in [-0.4, -0.2) is 11.1 Å². The Morgan fingerprint density at radius 2 is 2.29 bits per heavy atom. The van der Waals surface area contributed by atoms with Gasteiger partial charge in [0, 0.05) is 5.33 Å². The van der Waals surface area contributed by atoms with Crippen LogP contribution in [0.15, 0.2) is 12.1 Å². The van der Waals surface area contributed by atoms with Crippen molar-refractivity contribution in [3.8, 4) is 6.07 Å². The summed E-state index contributed by atoms with van der Waals surface area (Å²) in [5.74, 6) is -0.964. The third-order valence-electron chi connectivity index (χ3n) is 1.95. The minimum atomic E-state index is -0.964. The molecule has 0 atom stereocenters. The molecule has 1 rings (SSSR count). The number of halogens is 1. The molecule has 0 aliphatic rings. The summed E-state index contributed by atoms with van der Waals surface area (Å²) in [4.78, 5) is 10.8. The Morgan fingerprint density at radius 1 is 1.64 bits per heavy atom. The largest absolute Gasteiger partial charge is 0.478 e. The fourth-order valence-corrected chi connectivity index (χ4v) is 1.66. The number of hydrogen-bond donors (Lipinski definition) is 1. The lowest BCUT2D eigenvalue weighted by atomic mass is 10.0. The van der Waals surface area contributed by atoms with Gasteiger partial charge in [-0.3, -0.25) is 0 Å². The maximum Gasteiger partial charge on any atom is 0.335 e. The molecular weight excluding hydrogens is 246 g/mol. The Kier molecular flexibility index (Phi) is 3.26. The van der Waals surface area contributed by atoms with Gasteiger partial charge in [-0.1, -0.05) is 15.9 Å². The molecule has 72 valence electrons. The highest BCUT2D eigenvalue weighted by atomic mass is 79.9. The molecule has 0 aromatic heterocycles. The summed E-state index contributed by atoms with van der Waals surface area (Å²) < 4.78 is 0. The number of carboxylic acids is 1. The summed E-state index contributed by atoms with van der Waals surface area (Å²) >= 11 is 3.21. The molecule has 1 aromatic rings. The molecule has 14 heavy (non-hydrogen) atoms.